The van der Waals surface area contributed by atoms with Gasteiger partial charge in [0.05, 0.1) is 0 Å². The largest absolute Gasteiger partial charge is 0.508 e. The topological polar surface area (TPSA) is 52.6 Å². The summed E-state index contributed by atoms with van der Waals surface area (Å²) in [7, 11) is 2.08. The molecular formula is C24H32N2O2. The van der Waals surface area contributed by atoms with Crippen LogP contribution in [0.4, 0.5) is 0 Å². The summed E-state index contributed by atoms with van der Waals surface area (Å²) in [6.07, 6.45) is 1.38. The summed E-state index contributed by atoms with van der Waals surface area (Å²) >= 11 is 0. The van der Waals surface area contributed by atoms with Gasteiger partial charge in [-0.1, -0.05) is 57.2 Å². The Bertz CT molecular complexity index is 811. The molecule has 0 spiro atoms. The molecule has 1 aliphatic heterocycles. The zero-order valence-corrected chi connectivity index (χ0v) is 17.4. The van der Waals surface area contributed by atoms with Crippen molar-refractivity contribution in [1.82, 2.24) is 10.2 Å². The van der Waals surface area contributed by atoms with E-state index >= 15 is 0 Å². The summed E-state index contributed by atoms with van der Waals surface area (Å²) in [6.45, 7) is 8.01. The van der Waals surface area contributed by atoms with E-state index in [1.54, 1.807) is 6.07 Å². The van der Waals surface area contributed by atoms with Crippen LogP contribution in [0, 0.1) is 5.41 Å². The van der Waals surface area contributed by atoms with Crippen molar-refractivity contribution in [2.45, 2.75) is 52.1 Å². The quantitative estimate of drug-likeness (QED) is 0.822. The zero-order chi connectivity index (χ0) is 20.3. The molecule has 150 valence electrons. The Kier molecular flexibility index (Phi) is 6.09. The van der Waals surface area contributed by atoms with Gasteiger partial charge in [0.15, 0.2) is 0 Å². The molecule has 0 aromatic heterocycles. The molecule has 1 amide bonds. The molecule has 0 fully saturated rings. The SMILES string of the molecule is CN1Cc2cc(O)ccc2C[C@H]1CNC(=O)C[C@H](c1ccccc1)C(C)(C)C. The standard InChI is InChI=1S/C24H32N2O2/c1-24(2,3)22(17-8-6-5-7-9-17)14-23(28)25-15-20-12-18-10-11-21(27)13-19(18)16-26(20)4/h5-11,13,20,22,27H,12,14-16H2,1-4H3,(H,25,28)/t20-,22+/m0/s1. The molecule has 0 unspecified atom stereocenters. The summed E-state index contributed by atoms with van der Waals surface area (Å²) < 4.78 is 0. The van der Waals surface area contributed by atoms with Crippen molar-refractivity contribution in [3.8, 4) is 5.75 Å². The van der Waals surface area contributed by atoms with E-state index < -0.39 is 0 Å². The van der Waals surface area contributed by atoms with Gasteiger partial charge in [0.25, 0.3) is 0 Å². The molecule has 0 bridgehead atoms. The molecule has 4 heteroatoms. The van der Waals surface area contributed by atoms with Crippen LogP contribution in [0.5, 0.6) is 5.75 Å². The van der Waals surface area contributed by atoms with Crippen molar-refractivity contribution >= 4 is 5.91 Å². The van der Waals surface area contributed by atoms with Gasteiger partial charge in [-0.05, 0) is 53.6 Å². The summed E-state index contributed by atoms with van der Waals surface area (Å²) in [5.41, 5.74) is 3.66. The highest BCUT2D eigenvalue weighted by molar-refractivity contribution is 5.77. The molecule has 0 aliphatic carbocycles. The van der Waals surface area contributed by atoms with E-state index in [0.29, 0.717) is 18.7 Å². The highest BCUT2D eigenvalue weighted by Crippen LogP contribution is 2.37. The molecule has 0 radical (unpaired) electrons. The minimum absolute atomic E-state index is 0.0151. The smallest absolute Gasteiger partial charge is 0.220 e. The Hall–Kier alpha value is -2.33. The fraction of sp³-hybridized carbons (Fsp3) is 0.458. The van der Waals surface area contributed by atoms with Gasteiger partial charge in [0.2, 0.25) is 5.91 Å². The van der Waals surface area contributed by atoms with Crippen molar-refractivity contribution in [2.24, 2.45) is 5.41 Å². The van der Waals surface area contributed by atoms with Gasteiger partial charge in [-0.3, -0.25) is 9.69 Å². The lowest BCUT2D eigenvalue weighted by molar-refractivity contribution is -0.122. The lowest BCUT2D eigenvalue weighted by Crippen LogP contribution is -2.45. The van der Waals surface area contributed by atoms with Gasteiger partial charge in [-0.15, -0.1) is 0 Å². The van der Waals surface area contributed by atoms with Gasteiger partial charge in [-0.2, -0.15) is 0 Å². The fourth-order valence-corrected chi connectivity index (χ4v) is 4.09. The molecule has 28 heavy (non-hydrogen) atoms. The van der Waals surface area contributed by atoms with Gasteiger partial charge >= 0.3 is 0 Å². The molecule has 1 heterocycles. The molecule has 2 N–H and O–H groups in total. The number of phenols is 1. The maximum absolute atomic E-state index is 12.8. The van der Waals surface area contributed by atoms with Crippen LogP contribution >= 0.6 is 0 Å². The Morgan fingerprint density at radius 2 is 1.89 bits per heavy atom. The van der Waals surface area contributed by atoms with Crippen molar-refractivity contribution in [3.63, 3.8) is 0 Å². The van der Waals surface area contributed by atoms with E-state index in [9.17, 15) is 9.90 Å². The Morgan fingerprint density at radius 3 is 2.57 bits per heavy atom. The first kappa shape index (κ1) is 20.4. The van der Waals surface area contributed by atoms with Crippen molar-refractivity contribution in [1.29, 1.82) is 0 Å². The molecule has 2 aromatic rings. The van der Waals surface area contributed by atoms with E-state index in [1.165, 1.54) is 16.7 Å². The zero-order valence-electron chi connectivity index (χ0n) is 17.4. The predicted molar refractivity (Wildman–Crippen MR) is 113 cm³/mol. The first-order chi connectivity index (χ1) is 13.2. The molecule has 2 aromatic carbocycles. The van der Waals surface area contributed by atoms with E-state index in [-0.39, 0.29) is 23.3 Å². The first-order valence-corrected chi connectivity index (χ1v) is 10.1. The molecule has 0 saturated heterocycles. The monoisotopic (exact) mass is 380 g/mol. The second kappa shape index (κ2) is 8.36. The van der Waals surface area contributed by atoms with Crippen LogP contribution in [0.3, 0.4) is 0 Å². The number of carbonyl (C=O) groups excluding carboxylic acids is 1. The Labute approximate surface area is 168 Å². The number of likely N-dealkylation sites (N-methyl/N-ethyl adjacent to an activating group) is 1. The number of carbonyl (C=O) groups is 1. The third-order valence-electron chi connectivity index (χ3n) is 5.86. The lowest BCUT2D eigenvalue weighted by Gasteiger charge is -2.35. The molecule has 3 rings (SSSR count). The van der Waals surface area contributed by atoms with E-state index in [1.807, 2.05) is 30.3 Å². The first-order valence-electron chi connectivity index (χ1n) is 10.1. The highest BCUT2D eigenvalue weighted by atomic mass is 16.3. The van der Waals surface area contributed by atoms with Crippen LogP contribution in [0.25, 0.3) is 0 Å². The molecule has 1 aliphatic rings. The van der Waals surface area contributed by atoms with Gasteiger partial charge in [0.1, 0.15) is 5.75 Å². The van der Waals surface area contributed by atoms with E-state index in [2.05, 4.69) is 50.2 Å². The number of hydrogen-bond acceptors (Lipinski definition) is 3. The molecular weight excluding hydrogens is 348 g/mol. The lowest BCUT2D eigenvalue weighted by atomic mass is 9.74. The maximum Gasteiger partial charge on any atom is 0.220 e. The normalized spacial score (nSPS) is 18.4. The Balaban J connectivity index is 1.61. The van der Waals surface area contributed by atoms with Gasteiger partial charge in [0, 0.05) is 25.6 Å². The highest BCUT2D eigenvalue weighted by Gasteiger charge is 2.29. The van der Waals surface area contributed by atoms with Crippen LogP contribution in [0.2, 0.25) is 0 Å². The second-order valence-corrected chi connectivity index (χ2v) is 9.06. The number of benzene rings is 2. The number of rotatable bonds is 5. The van der Waals surface area contributed by atoms with Crippen LogP contribution < -0.4 is 5.32 Å². The van der Waals surface area contributed by atoms with Crippen LogP contribution in [0.1, 0.15) is 49.8 Å². The summed E-state index contributed by atoms with van der Waals surface area (Å²) in [4.78, 5) is 15.0. The number of hydrogen-bond donors (Lipinski definition) is 2. The summed E-state index contributed by atoms with van der Waals surface area (Å²) in [5, 5.41) is 12.9. The molecule has 0 saturated carbocycles. The van der Waals surface area contributed by atoms with Crippen LogP contribution in [0.15, 0.2) is 48.5 Å². The van der Waals surface area contributed by atoms with Crippen LogP contribution in [-0.4, -0.2) is 35.5 Å². The van der Waals surface area contributed by atoms with Crippen LogP contribution in [-0.2, 0) is 17.8 Å². The average Bonchev–Trinajstić information content (AvgIpc) is 2.64. The third kappa shape index (κ3) is 4.93. The number of aromatic hydroxyl groups is 1. The molecule has 2 atom stereocenters. The minimum Gasteiger partial charge on any atom is -0.508 e. The molecule has 4 nitrogen and oxygen atoms in total. The predicted octanol–water partition coefficient (Wildman–Crippen LogP) is 4.08. The minimum atomic E-state index is 0.0151. The number of nitrogens with zero attached hydrogens (tertiary/aromatic N) is 1. The summed E-state index contributed by atoms with van der Waals surface area (Å²) in [6, 6.07) is 16.2. The number of nitrogens with one attached hydrogen (secondary N) is 1. The number of fused-ring (bicyclic) bond motifs is 1. The van der Waals surface area contributed by atoms with Gasteiger partial charge in [-0.25, -0.2) is 0 Å². The maximum atomic E-state index is 12.8. The fourth-order valence-electron chi connectivity index (χ4n) is 4.09. The number of amides is 1. The van der Waals surface area contributed by atoms with Crippen molar-refractivity contribution in [2.75, 3.05) is 13.6 Å². The van der Waals surface area contributed by atoms with Crippen molar-refractivity contribution in [3.05, 3.63) is 65.2 Å². The number of phenolic OH excluding ortho intramolecular Hbond substituents is 1. The van der Waals surface area contributed by atoms with Gasteiger partial charge < -0.3 is 10.4 Å². The van der Waals surface area contributed by atoms with E-state index in [0.717, 1.165) is 13.0 Å². The average molecular weight is 381 g/mol. The Morgan fingerprint density at radius 1 is 1.18 bits per heavy atom. The van der Waals surface area contributed by atoms with E-state index in [4.69, 9.17) is 0 Å². The third-order valence-corrected chi connectivity index (χ3v) is 5.86. The van der Waals surface area contributed by atoms with Crippen molar-refractivity contribution < 1.29 is 9.90 Å². The second-order valence-electron chi connectivity index (χ2n) is 9.06. The summed E-state index contributed by atoms with van der Waals surface area (Å²) in [5.74, 6) is 0.600.